The van der Waals surface area contributed by atoms with Gasteiger partial charge in [-0.05, 0) is 31.6 Å². The first-order valence-corrected chi connectivity index (χ1v) is 8.20. The van der Waals surface area contributed by atoms with Gasteiger partial charge in [0, 0.05) is 5.56 Å². The Kier molecular flexibility index (Phi) is 4.84. The second-order valence-electron chi connectivity index (χ2n) is 5.84. The van der Waals surface area contributed by atoms with Crippen molar-refractivity contribution in [1.82, 2.24) is 10.2 Å². The van der Waals surface area contributed by atoms with Gasteiger partial charge in [0.15, 0.2) is 0 Å². The molecule has 25 heavy (non-hydrogen) atoms. The first-order chi connectivity index (χ1) is 12.1. The average Bonchev–Trinajstić information content (AvgIpc) is 2.84. The van der Waals surface area contributed by atoms with E-state index >= 15 is 0 Å². The van der Waals surface area contributed by atoms with E-state index in [0.717, 1.165) is 16.7 Å². The molecular formula is C20H20N2O3. The highest BCUT2D eigenvalue weighted by Gasteiger charge is 2.33. The van der Waals surface area contributed by atoms with E-state index in [-0.39, 0.29) is 18.1 Å². The van der Waals surface area contributed by atoms with Gasteiger partial charge in [-0.15, -0.1) is 0 Å². The van der Waals surface area contributed by atoms with Gasteiger partial charge < -0.3 is 10.1 Å². The number of amides is 3. The highest BCUT2D eigenvalue weighted by Crippen LogP contribution is 2.23. The van der Waals surface area contributed by atoms with Gasteiger partial charge in [0.05, 0.1) is 13.2 Å². The smallest absolute Gasteiger partial charge is 0.329 e. The SMILES string of the molecule is CCOc1ccccc1/C=C1/NC(=O)N(Cc2cccc(C)c2)C1=O. The van der Waals surface area contributed by atoms with Crippen molar-refractivity contribution in [2.75, 3.05) is 6.61 Å². The Morgan fingerprint density at radius 1 is 1.12 bits per heavy atom. The minimum Gasteiger partial charge on any atom is -0.493 e. The number of para-hydroxylation sites is 1. The molecule has 3 rings (SSSR count). The summed E-state index contributed by atoms with van der Waals surface area (Å²) in [6.07, 6.45) is 1.65. The number of rotatable bonds is 5. The molecule has 2 aromatic carbocycles. The fraction of sp³-hybridized carbons (Fsp3) is 0.200. The van der Waals surface area contributed by atoms with Crippen LogP contribution < -0.4 is 10.1 Å². The molecule has 0 saturated carbocycles. The number of ether oxygens (including phenoxy) is 1. The van der Waals surface area contributed by atoms with Crippen molar-refractivity contribution in [3.63, 3.8) is 0 Å². The zero-order valence-electron chi connectivity index (χ0n) is 14.3. The molecule has 0 bridgehead atoms. The Bertz CT molecular complexity index is 842. The molecule has 0 atom stereocenters. The molecule has 0 aliphatic carbocycles. The van der Waals surface area contributed by atoms with E-state index in [2.05, 4.69) is 5.32 Å². The zero-order valence-corrected chi connectivity index (χ0v) is 14.3. The zero-order chi connectivity index (χ0) is 17.8. The van der Waals surface area contributed by atoms with Crippen molar-refractivity contribution in [2.24, 2.45) is 0 Å². The molecule has 128 valence electrons. The first kappa shape index (κ1) is 16.8. The molecule has 1 heterocycles. The molecule has 0 radical (unpaired) electrons. The summed E-state index contributed by atoms with van der Waals surface area (Å²) in [6.45, 7) is 4.65. The Morgan fingerprint density at radius 3 is 2.68 bits per heavy atom. The first-order valence-electron chi connectivity index (χ1n) is 8.20. The van der Waals surface area contributed by atoms with Crippen LogP contribution in [0.4, 0.5) is 4.79 Å². The molecule has 1 aliphatic heterocycles. The fourth-order valence-corrected chi connectivity index (χ4v) is 2.75. The number of nitrogens with one attached hydrogen (secondary N) is 1. The van der Waals surface area contributed by atoms with Gasteiger partial charge in [-0.25, -0.2) is 4.79 Å². The Balaban J connectivity index is 1.84. The van der Waals surface area contributed by atoms with E-state index in [0.29, 0.717) is 12.4 Å². The summed E-state index contributed by atoms with van der Waals surface area (Å²) in [5.41, 5.74) is 3.01. The molecule has 2 aromatic rings. The Labute approximate surface area is 146 Å². The fourth-order valence-electron chi connectivity index (χ4n) is 2.75. The number of benzene rings is 2. The molecule has 0 unspecified atom stereocenters. The molecule has 5 nitrogen and oxygen atoms in total. The van der Waals surface area contributed by atoms with Gasteiger partial charge in [-0.1, -0.05) is 48.0 Å². The number of urea groups is 1. The number of hydrogen-bond donors (Lipinski definition) is 1. The Morgan fingerprint density at radius 2 is 1.92 bits per heavy atom. The lowest BCUT2D eigenvalue weighted by molar-refractivity contribution is -0.123. The maximum absolute atomic E-state index is 12.6. The number of aryl methyl sites for hydroxylation is 1. The van der Waals surface area contributed by atoms with Gasteiger partial charge in [0.25, 0.3) is 5.91 Å². The van der Waals surface area contributed by atoms with E-state index in [1.54, 1.807) is 6.08 Å². The lowest BCUT2D eigenvalue weighted by Gasteiger charge is -2.12. The minimum atomic E-state index is -0.411. The number of hydrogen-bond acceptors (Lipinski definition) is 3. The molecular weight excluding hydrogens is 316 g/mol. The number of carbonyl (C=O) groups is 2. The number of carbonyl (C=O) groups excluding carboxylic acids is 2. The molecule has 5 heteroatoms. The molecule has 1 aliphatic rings. The molecule has 1 fully saturated rings. The van der Waals surface area contributed by atoms with Crippen molar-refractivity contribution >= 4 is 18.0 Å². The summed E-state index contributed by atoms with van der Waals surface area (Å²) < 4.78 is 5.56. The second-order valence-corrected chi connectivity index (χ2v) is 5.84. The van der Waals surface area contributed by atoms with Gasteiger partial charge in [0.1, 0.15) is 11.4 Å². The second kappa shape index (κ2) is 7.21. The van der Waals surface area contributed by atoms with Crippen LogP contribution in [0.2, 0.25) is 0 Å². The van der Waals surface area contributed by atoms with E-state index in [4.69, 9.17) is 4.74 Å². The van der Waals surface area contributed by atoms with Crippen LogP contribution in [0.15, 0.2) is 54.2 Å². The van der Waals surface area contributed by atoms with Crippen molar-refractivity contribution in [3.05, 3.63) is 70.9 Å². The largest absolute Gasteiger partial charge is 0.493 e. The lowest BCUT2D eigenvalue weighted by Crippen LogP contribution is -2.30. The van der Waals surface area contributed by atoms with Crippen LogP contribution in [0, 0.1) is 6.92 Å². The van der Waals surface area contributed by atoms with Crippen LogP contribution in [-0.4, -0.2) is 23.4 Å². The van der Waals surface area contributed by atoms with Crippen molar-refractivity contribution < 1.29 is 14.3 Å². The van der Waals surface area contributed by atoms with E-state index in [1.165, 1.54) is 4.90 Å². The van der Waals surface area contributed by atoms with Crippen LogP contribution in [0.5, 0.6) is 5.75 Å². The van der Waals surface area contributed by atoms with Gasteiger partial charge >= 0.3 is 6.03 Å². The lowest BCUT2D eigenvalue weighted by atomic mass is 10.1. The third-order valence-electron chi connectivity index (χ3n) is 3.90. The summed E-state index contributed by atoms with van der Waals surface area (Å²) in [5.74, 6) is 0.342. The van der Waals surface area contributed by atoms with E-state index in [9.17, 15) is 9.59 Å². The van der Waals surface area contributed by atoms with E-state index < -0.39 is 6.03 Å². The van der Waals surface area contributed by atoms with Gasteiger partial charge in [-0.2, -0.15) is 0 Å². The summed E-state index contributed by atoms with van der Waals surface area (Å²) in [4.78, 5) is 26.0. The number of nitrogens with zero attached hydrogens (tertiary/aromatic N) is 1. The van der Waals surface area contributed by atoms with Crippen LogP contribution in [0.3, 0.4) is 0 Å². The quantitative estimate of drug-likeness (QED) is 0.672. The summed E-state index contributed by atoms with van der Waals surface area (Å²) in [5, 5.41) is 2.65. The van der Waals surface area contributed by atoms with Crippen LogP contribution in [0.1, 0.15) is 23.6 Å². The molecule has 0 aromatic heterocycles. The molecule has 0 spiro atoms. The summed E-state index contributed by atoms with van der Waals surface area (Å²) in [6, 6.07) is 14.8. The monoisotopic (exact) mass is 336 g/mol. The maximum Gasteiger partial charge on any atom is 0.329 e. The summed E-state index contributed by atoms with van der Waals surface area (Å²) >= 11 is 0. The standard InChI is InChI=1S/C20H20N2O3/c1-3-25-18-10-5-4-9-16(18)12-17-19(23)22(20(24)21-17)13-15-8-6-7-14(2)11-15/h4-12H,3,13H2,1-2H3,(H,21,24)/b17-12+. The predicted octanol–water partition coefficient (Wildman–Crippen LogP) is 3.49. The predicted molar refractivity (Wildman–Crippen MR) is 95.8 cm³/mol. The van der Waals surface area contributed by atoms with Crippen molar-refractivity contribution in [2.45, 2.75) is 20.4 Å². The third-order valence-corrected chi connectivity index (χ3v) is 3.90. The van der Waals surface area contributed by atoms with Gasteiger partial charge in [0.2, 0.25) is 0 Å². The van der Waals surface area contributed by atoms with Crippen molar-refractivity contribution in [3.8, 4) is 5.75 Å². The minimum absolute atomic E-state index is 0.247. The normalized spacial score (nSPS) is 15.6. The topological polar surface area (TPSA) is 58.6 Å². The molecule has 1 saturated heterocycles. The highest BCUT2D eigenvalue weighted by molar-refractivity contribution is 6.14. The van der Waals surface area contributed by atoms with Gasteiger partial charge in [-0.3, -0.25) is 9.69 Å². The molecule has 3 amide bonds. The van der Waals surface area contributed by atoms with Crippen LogP contribution in [0.25, 0.3) is 6.08 Å². The van der Waals surface area contributed by atoms with Crippen LogP contribution >= 0.6 is 0 Å². The maximum atomic E-state index is 12.6. The average molecular weight is 336 g/mol. The Hall–Kier alpha value is -3.08. The van der Waals surface area contributed by atoms with Crippen molar-refractivity contribution in [1.29, 1.82) is 0 Å². The van der Waals surface area contributed by atoms with E-state index in [1.807, 2.05) is 62.4 Å². The highest BCUT2D eigenvalue weighted by atomic mass is 16.5. The summed E-state index contributed by atoms with van der Waals surface area (Å²) in [7, 11) is 0. The number of imide groups is 1. The molecule has 1 N–H and O–H groups in total. The third kappa shape index (κ3) is 3.71. The van der Waals surface area contributed by atoms with Crippen LogP contribution in [-0.2, 0) is 11.3 Å².